The standard InChI is InChI=1S/C12H17NO2/c1-13(2)7-6-10-9(8-13)4-5-11(14)12(10)15-3/h4-5H,6-8H2,1-3H3/p+1. The molecule has 0 saturated heterocycles. The predicted molar refractivity (Wildman–Crippen MR) is 59.0 cm³/mol. The third-order valence-corrected chi connectivity index (χ3v) is 3.11. The molecule has 0 atom stereocenters. The molecule has 15 heavy (non-hydrogen) atoms. The molecule has 1 heterocycles. The number of ether oxygens (including phenoxy) is 1. The molecule has 0 fully saturated rings. The van der Waals surface area contributed by atoms with Crippen LogP contribution in [0.2, 0.25) is 0 Å². The van der Waals surface area contributed by atoms with Gasteiger partial charge in [-0.1, -0.05) is 0 Å². The lowest BCUT2D eigenvalue weighted by Crippen LogP contribution is -2.43. The van der Waals surface area contributed by atoms with Crippen LogP contribution in [0, 0.1) is 0 Å². The van der Waals surface area contributed by atoms with Crippen LogP contribution in [0.4, 0.5) is 0 Å². The maximum Gasteiger partial charge on any atom is 0.164 e. The van der Waals surface area contributed by atoms with E-state index in [-0.39, 0.29) is 5.75 Å². The molecule has 82 valence electrons. The molecular weight excluding hydrogens is 190 g/mol. The van der Waals surface area contributed by atoms with E-state index in [1.807, 2.05) is 6.07 Å². The number of likely N-dealkylation sites (N-methyl/N-ethyl adjacent to an activating group) is 1. The molecule has 2 rings (SSSR count). The molecule has 1 aliphatic rings. The van der Waals surface area contributed by atoms with Crippen molar-refractivity contribution in [1.82, 2.24) is 0 Å². The number of fused-ring (bicyclic) bond motifs is 1. The zero-order chi connectivity index (χ0) is 11.1. The molecule has 1 aromatic carbocycles. The number of rotatable bonds is 1. The number of hydrogen-bond acceptors (Lipinski definition) is 2. The van der Waals surface area contributed by atoms with Crippen molar-refractivity contribution in [3.8, 4) is 11.5 Å². The summed E-state index contributed by atoms with van der Waals surface area (Å²) in [5.41, 5.74) is 2.47. The van der Waals surface area contributed by atoms with Crippen LogP contribution >= 0.6 is 0 Å². The number of quaternary nitrogens is 1. The van der Waals surface area contributed by atoms with E-state index in [4.69, 9.17) is 4.74 Å². The predicted octanol–water partition coefficient (Wildman–Crippen LogP) is 1.53. The Balaban J connectivity index is 2.47. The minimum absolute atomic E-state index is 0.253. The van der Waals surface area contributed by atoms with Crippen molar-refractivity contribution in [2.24, 2.45) is 0 Å². The summed E-state index contributed by atoms with van der Waals surface area (Å²) in [4.78, 5) is 0. The number of phenolic OH excluding ortho intramolecular Hbond substituents is 1. The number of benzene rings is 1. The van der Waals surface area contributed by atoms with Crippen LogP contribution in [-0.4, -0.2) is 37.3 Å². The second-order valence-corrected chi connectivity index (χ2v) is 4.82. The van der Waals surface area contributed by atoms with Crippen molar-refractivity contribution in [2.45, 2.75) is 13.0 Å². The van der Waals surface area contributed by atoms with Gasteiger partial charge in [0.05, 0.1) is 27.7 Å². The maximum absolute atomic E-state index is 9.67. The number of nitrogens with zero attached hydrogens (tertiary/aromatic N) is 1. The van der Waals surface area contributed by atoms with Gasteiger partial charge < -0.3 is 14.3 Å². The van der Waals surface area contributed by atoms with Crippen molar-refractivity contribution in [3.63, 3.8) is 0 Å². The molecule has 0 spiro atoms. The first kappa shape index (κ1) is 10.3. The van der Waals surface area contributed by atoms with Gasteiger partial charge in [0.15, 0.2) is 11.5 Å². The van der Waals surface area contributed by atoms with Crippen LogP contribution in [0.1, 0.15) is 11.1 Å². The summed E-state index contributed by atoms with van der Waals surface area (Å²) < 4.78 is 6.26. The third-order valence-electron chi connectivity index (χ3n) is 3.11. The van der Waals surface area contributed by atoms with Crippen LogP contribution in [-0.2, 0) is 13.0 Å². The van der Waals surface area contributed by atoms with Gasteiger partial charge in [-0.15, -0.1) is 0 Å². The summed E-state index contributed by atoms with van der Waals surface area (Å²) in [6.07, 6.45) is 0.972. The minimum atomic E-state index is 0.253. The van der Waals surface area contributed by atoms with Crippen molar-refractivity contribution < 1.29 is 14.3 Å². The Kier molecular flexibility index (Phi) is 2.35. The second-order valence-electron chi connectivity index (χ2n) is 4.82. The van der Waals surface area contributed by atoms with Gasteiger partial charge >= 0.3 is 0 Å². The largest absolute Gasteiger partial charge is 0.504 e. The van der Waals surface area contributed by atoms with Gasteiger partial charge in [-0.25, -0.2) is 0 Å². The number of aromatic hydroxyl groups is 1. The van der Waals surface area contributed by atoms with E-state index in [9.17, 15) is 5.11 Å². The van der Waals surface area contributed by atoms with Crippen LogP contribution < -0.4 is 4.74 Å². The Hall–Kier alpha value is -1.22. The van der Waals surface area contributed by atoms with E-state index < -0.39 is 0 Å². The SMILES string of the molecule is COc1c(O)ccc2c1CC[N+](C)(C)C2. The molecule has 1 aromatic rings. The highest BCUT2D eigenvalue weighted by Gasteiger charge is 2.27. The van der Waals surface area contributed by atoms with Crippen LogP contribution in [0.15, 0.2) is 12.1 Å². The lowest BCUT2D eigenvalue weighted by atomic mass is 9.97. The molecule has 3 heteroatoms. The normalized spacial score (nSPS) is 18.3. The summed E-state index contributed by atoms with van der Waals surface area (Å²) in [5.74, 6) is 0.913. The summed E-state index contributed by atoms with van der Waals surface area (Å²) in [6.45, 7) is 2.10. The Morgan fingerprint density at radius 2 is 2.07 bits per heavy atom. The van der Waals surface area contributed by atoms with Crippen LogP contribution in [0.25, 0.3) is 0 Å². The summed E-state index contributed by atoms with van der Waals surface area (Å²) >= 11 is 0. The van der Waals surface area contributed by atoms with Crippen molar-refractivity contribution in [1.29, 1.82) is 0 Å². The summed E-state index contributed by atoms with van der Waals surface area (Å²) in [7, 11) is 6.06. The first-order chi connectivity index (χ1) is 7.03. The molecule has 0 saturated carbocycles. The van der Waals surface area contributed by atoms with Gasteiger partial charge in [0.2, 0.25) is 0 Å². The Morgan fingerprint density at radius 3 is 2.73 bits per heavy atom. The number of methoxy groups -OCH3 is 1. The molecule has 3 nitrogen and oxygen atoms in total. The van der Waals surface area contributed by atoms with E-state index in [1.54, 1.807) is 13.2 Å². The van der Waals surface area contributed by atoms with E-state index in [2.05, 4.69) is 14.1 Å². The summed E-state index contributed by atoms with van der Waals surface area (Å²) in [6, 6.07) is 3.73. The fourth-order valence-electron chi connectivity index (χ4n) is 2.26. The molecule has 1 aliphatic heterocycles. The zero-order valence-electron chi connectivity index (χ0n) is 9.58. The fourth-order valence-corrected chi connectivity index (χ4v) is 2.26. The molecule has 1 N–H and O–H groups in total. The highest BCUT2D eigenvalue weighted by molar-refractivity contribution is 5.50. The number of phenols is 1. The van der Waals surface area contributed by atoms with Gasteiger partial charge in [-0.3, -0.25) is 0 Å². The monoisotopic (exact) mass is 208 g/mol. The lowest BCUT2D eigenvalue weighted by molar-refractivity contribution is -0.905. The van der Waals surface area contributed by atoms with E-state index in [0.717, 1.165) is 24.0 Å². The minimum Gasteiger partial charge on any atom is -0.504 e. The van der Waals surface area contributed by atoms with Gasteiger partial charge in [0.1, 0.15) is 6.54 Å². The zero-order valence-corrected chi connectivity index (χ0v) is 9.58. The van der Waals surface area contributed by atoms with Crippen molar-refractivity contribution >= 4 is 0 Å². The topological polar surface area (TPSA) is 29.5 Å². The first-order valence-corrected chi connectivity index (χ1v) is 5.23. The highest BCUT2D eigenvalue weighted by Crippen LogP contribution is 2.36. The molecule has 0 aromatic heterocycles. The van der Waals surface area contributed by atoms with Gasteiger partial charge in [-0.2, -0.15) is 0 Å². The molecule has 0 unspecified atom stereocenters. The smallest absolute Gasteiger partial charge is 0.164 e. The van der Waals surface area contributed by atoms with E-state index in [1.165, 1.54) is 11.1 Å². The molecular formula is C12H18NO2+. The number of hydrogen-bond donors (Lipinski definition) is 1. The Morgan fingerprint density at radius 1 is 1.33 bits per heavy atom. The quantitative estimate of drug-likeness (QED) is 0.709. The van der Waals surface area contributed by atoms with Crippen molar-refractivity contribution in [3.05, 3.63) is 23.3 Å². The maximum atomic E-state index is 9.67. The fraction of sp³-hybridized carbons (Fsp3) is 0.500. The van der Waals surface area contributed by atoms with Gasteiger partial charge in [0, 0.05) is 17.5 Å². The Labute approximate surface area is 90.5 Å². The average Bonchev–Trinajstić information content (AvgIpc) is 2.17. The molecule has 0 amide bonds. The van der Waals surface area contributed by atoms with Crippen molar-refractivity contribution in [2.75, 3.05) is 27.7 Å². The first-order valence-electron chi connectivity index (χ1n) is 5.23. The molecule has 0 aliphatic carbocycles. The van der Waals surface area contributed by atoms with E-state index in [0.29, 0.717) is 5.75 Å². The van der Waals surface area contributed by atoms with E-state index >= 15 is 0 Å². The van der Waals surface area contributed by atoms with Gasteiger partial charge in [0.25, 0.3) is 0 Å². The second kappa shape index (κ2) is 3.42. The highest BCUT2D eigenvalue weighted by atomic mass is 16.5. The van der Waals surface area contributed by atoms with Gasteiger partial charge in [-0.05, 0) is 12.1 Å². The van der Waals surface area contributed by atoms with Crippen LogP contribution in [0.3, 0.4) is 0 Å². The summed E-state index contributed by atoms with van der Waals surface area (Å²) in [5, 5.41) is 9.67. The average molecular weight is 208 g/mol. The Bertz CT molecular complexity index is 385. The molecule has 0 bridgehead atoms. The molecule has 0 radical (unpaired) electrons. The lowest BCUT2D eigenvalue weighted by Gasteiger charge is -2.35. The third kappa shape index (κ3) is 1.79. The van der Waals surface area contributed by atoms with Crippen LogP contribution in [0.5, 0.6) is 11.5 Å².